The molecule has 1 rings (SSSR count). The third-order valence-corrected chi connectivity index (χ3v) is 1.95. The van der Waals surface area contributed by atoms with Gasteiger partial charge in [-0.05, 0) is 13.8 Å². The van der Waals surface area contributed by atoms with E-state index in [9.17, 15) is 4.79 Å². The number of ether oxygens (including phenoxy) is 1. The van der Waals surface area contributed by atoms with Gasteiger partial charge in [-0.15, -0.1) is 0 Å². The van der Waals surface area contributed by atoms with Gasteiger partial charge >= 0.3 is 5.97 Å². The lowest BCUT2D eigenvalue weighted by molar-refractivity contribution is -0.151. The van der Waals surface area contributed by atoms with Crippen LogP contribution in [0.4, 0.5) is 0 Å². The third kappa shape index (κ3) is 1.97. The van der Waals surface area contributed by atoms with Crippen molar-refractivity contribution in [3.63, 3.8) is 0 Å². The maximum Gasteiger partial charge on any atom is 0.333 e. The number of esters is 1. The quantitative estimate of drug-likeness (QED) is 0.357. The Morgan fingerprint density at radius 2 is 2.00 bits per heavy atom. The highest BCUT2D eigenvalue weighted by Crippen LogP contribution is 2.27. The van der Waals surface area contributed by atoms with Crippen LogP contribution in [0.5, 0.6) is 0 Å². The first-order chi connectivity index (χ1) is 5.53. The molecule has 0 fully saturated rings. The maximum absolute atomic E-state index is 11.2. The van der Waals surface area contributed by atoms with Gasteiger partial charge in [0.15, 0.2) is 0 Å². The Bertz CT molecular complexity index is 230. The average Bonchev–Trinajstić information content (AvgIpc) is 2.35. The molecular formula is C10H14O2. The molecule has 1 aliphatic carbocycles. The second kappa shape index (κ2) is 3.13. The summed E-state index contributed by atoms with van der Waals surface area (Å²) in [6, 6.07) is 0. The predicted molar refractivity (Wildman–Crippen MR) is 47.7 cm³/mol. The summed E-state index contributed by atoms with van der Waals surface area (Å²) in [5.41, 5.74) is 0.138. The van der Waals surface area contributed by atoms with Crippen LogP contribution in [0, 0.1) is 0 Å². The second-order valence-corrected chi connectivity index (χ2v) is 3.50. The van der Waals surface area contributed by atoms with Crippen LogP contribution >= 0.6 is 0 Å². The molecular weight excluding hydrogens is 152 g/mol. The first kappa shape index (κ1) is 9.04. The van der Waals surface area contributed by atoms with E-state index in [1.54, 1.807) is 6.92 Å². The van der Waals surface area contributed by atoms with Crippen molar-refractivity contribution in [1.82, 2.24) is 0 Å². The molecule has 66 valence electrons. The van der Waals surface area contributed by atoms with Gasteiger partial charge in [-0.1, -0.05) is 18.7 Å². The highest BCUT2D eigenvalue weighted by Gasteiger charge is 2.29. The molecule has 0 radical (unpaired) electrons. The standard InChI is InChI=1S/C10H14O2/c1-8(2)9(11)12-10(3)6-4-5-7-10/h4-5H,1,6-7H2,2-3H3. The van der Waals surface area contributed by atoms with Crippen LogP contribution in [0.3, 0.4) is 0 Å². The summed E-state index contributed by atoms with van der Waals surface area (Å²) in [4.78, 5) is 11.2. The van der Waals surface area contributed by atoms with E-state index >= 15 is 0 Å². The minimum atomic E-state index is -0.323. The molecule has 0 aromatic carbocycles. The van der Waals surface area contributed by atoms with E-state index in [2.05, 4.69) is 6.58 Å². The topological polar surface area (TPSA) is 26.3 Å². The van der Waals surface area contributed by atoms with Crippen LogP contribution in [0.25, 0.3) is 0 Å². The largest absolute Gasteiger partial charge is 0.455 e. The Hall–Kier alpha value is -1.05. The highest BCUT2D eigenvalue weighted by molar-refractivity contribution is 5.87. The van der Waals surface area contributed by atoms with Gasteiger partial charge in [-0.25, -0.2) is 4.79 Å². The van der Waals surface area contributed by atoms with Crippen LogP contribution in [-0.4, -0.2) is 11.6 Å². The number of rotatable bonds is 2. The number of carbonyl (C=O) groups excluding carboxylic acids is 1. The fourth-order valence-corrected chi connectivity index (χ4v) is 1.14. The molecule has 0 aromatic heterocycles. The molecule has 0 saturated carbocycles. The Labute approximate surface area is 72.9 Å². The van der Waals surface area contributed by atoms with Crippen LogP contribution < -0.4 is 0 Å². The molecule has 0 aromatic rings. The number of hydrogen-bond acceptors (Lipinski definition) is 2. The Morgan fingerprint density at radius 3 is 2.42 bits per heavy atom. The molecule has 0 unspecified atom stereocenters. The van der Waals surface area contributed by atoms with E-state index in [0.29, 0.717) is 5.57 Å². The van der Waals surface area contributed by atoms with Crippen LogP contribution in [0.2, 0.25) is 0 Å². The molecule has 0 spiro atoms. The second-order valence-electron chi connectivity index (χ2n) is 3.50. The van der Waals surface area contributed by atoms with E-state index in [0.717, 1.165) is 12.8 Å². The first-order valence-corrected chi connectivity index (χ1v) is 4.07. The molecule has 0 heterocycles. The summed E-state index contributed by atoms with van der Waals surface area (Å²) < 4.78 is 5.26. The van der Waals surface area contributed by atoms with Gasteiger partial charge in [0, 0.05) is 18.4 Å². The van der Waals surface area contributed by atoms with Crippen LogP contribution in [0.1, 0.15) is 26.7 Å². The van der Waals surface area contributed by atoms with E-state index < -0.39 is 0 Å². The van der Waals surface area contributed by atoms with Gasteiger partial charge in [-0.2, -0.15) is 0 Å². The molecule has 0 N–H and O–H groups in total. The average molecular weight is 166 g/mol. The minimum absolute atomic E-state index is 0.291. The van der Waals surface area contributed by atoms with Crippen molar-refractivity contribution >= 4 is 5.97 Å². The molecule has 0 saturated heterocycles. The first-order valence-electron chi connectivity index (χ1n) is 4.07. The molecule has 0 bridgehead atoms. The molecule has 0 atom stereocenters. The Kier molecular flexibility index (Phi) is 2.36. The third-order valence-electron chi connectivity index (χ3n) is 1.95. The lowest BCUT2D eigenvalue weighted by atomic mass is 10.0. The smallest absolute Gasteiger partial charge is 0.333 e. The van der Waals surface area contributed by atoms with Crippen molar-refractivity contribution in [2.45, 2.75) is 32.3 Å². The monoisotopic (exact) mass is 166 g/mol. The zero-order chi connectivity index (χ0) is 9.19. The highest BCUT2D eigenvalue weighted by atomic mass is 16.6. The molecule has 0 aliphatic heterocycles. The van der Waals surface area contributed by atoms with Gasteiger partial charge in [0.2, 0.25) is 0 Å². The maximum atomic E-state index is 11.2. The summed E-state index contributed by atoms with van der Waals surface area (Å²) >= 11 is 0. The van der Waals surface area contributed by atoms with E-state index in [4.69, 9.17) is 4.74 Å². The fraction of sp³-hybridized carbons (Fsp3) is 0.500. The Morgan fingerprint density at radius 1 is 1.50 bits per heavy atom. The molecule has 12 heavy (non-hydrogen) atoms. The van der Waals surface area contributed by atoms with Crippen molar-refractivity contribution in [3.05, 3.63) is 24.3 Å². The van der Waals surface area contributed by atoms with Gasteiger partial charge in [0.05, 0.1) is 0 Å². The molecule has 1 aliphatic rings. The fourth-order valence-electron chi connectivity index (χ4n) is 1.14. The van der Waals surface area contributed by atoms with Crippen molar-refractivity contribution in [1.29, 1.82) is 0 Å². The zero-order valence-corrected chi connectivity index (χ0v) is 7.59. The molecule has 2 heteroatoms. The summed E-state index contributed by atoms with van der Waals surface area (Å²) in [6.07, 6.45) is 5.69. The lowest BCUT2D eigenvalue weighted by Crippen LogP contribution is -2.28. The van der Waals surface area contributed by atoms with Crippen molar-refractivity contribution in [2.75, 3.05) is 0 Å². The molecule has 0 amide bonds. The van der Waals surface area contributed by atoms with E-state index in [-0.39, 0.29) is 11.6 Å². The van der Waals surface area contributed by atoms with Crippen LogP contribution in [-0.2, 0) is 9.53 Å². The van der Waals surface area contributed by atoms with Crippen molar-refractivity contribution in [3.8, 4) is 0 Å². The van der Waals surface area contributed by atoms with E-state index in [1.807, 2.05) is 19.1 Å². The lowest BCUT2D eigenvalue weighted by Gasteiger charge is -2.23. The van der Waals surface area contributed by atoms with Gasteiger partial charge in [-0.3, -0.25) is 0 Å². The van der Waals surface area contributed by atoms with Crippen molar-refractivity contribution < 1.29 is 9.53 Å². The van der Waals surface area contributed by atoms with E-state index in [1.165, 1.54) is 0 Å². The van der Waals surface area contributed by atoms with Gasteiger partial charge in [0.25, 0.3) is 0 Å². The van der Waals surface area contributed by atoms with Crippen LogP contribution in [0.15, 0.2) is 24.3 Å². The number of carbonyl (C=O) groups is 1. The minimum Gasteiger partial charge on any atom is -0.455 e. The predicted octanol–water partition coefficient (Wildman–Crippen LogP) is 2.21. The molecule has 2 nitrogen and oxygen atoms in total. The van der Waals surface area contributed by atoms with Crippen molar-refractivity contribution in [2.24, 2.45) is 0 Å². The Balaban J connectivity index is 2.51. The van der Waals surface area contributed by atoms with Gasteiger partial charge < -0.3 is 4.74 Å². The SMILES string of the molecule is C=C(C)C(=O)OC1(C)CC=CC1. The normalized spacial score (nSPS) is 19.2. The number of hydrogen-bond donors (Lipinski definition) is 0. The zero-order valence-electron chi connectivity index (χ0n) is 7.59. The van der Waals surface area contributed by atoms with Gasteiger partial charge in [0.1, 0.15) is 5.60 Å². The summed E-state index contributed by atoms with van der Waals surface area (Å²) in [6.45, 7) is 7.13. The summed E-state index contributed by atoms with van der Waals surface area (Å²) in [5.74, 6) is -0.291. The summed E-state index contributed by atoms with van der Waals surface area (Å²) in [7, 11) is 0. The summed E-state index contributed by atoms with van der Waals surface area (Å²) in [5, 5.41) is 0.